The van der Waals surface area contributed by atoms with E-state index in [9.17, 15) is 0 Å². The number of fused-ring (bicyclic) bond motifs is 3. The number of H-pyrrole nitrogens is 2. The third kappa shape index (κ3) is 5.54. The number of unbranched alkanes of at least 4 members (excludes halogenated alkanes) is 2. The Morgan fingerprint density at radius 3 is 1.47 bits per heavy atom. The zero-order valence-corrected chi connectivity index (χ0v) is 21.5. The monoisotopic (exact) mass is 462 g/mol. The lowest BCUT2D eigenvalue weighted by Crippen LogP contribution is -2.11. The Morgan fingerprint density at radius 1 is 0.647 bits per heavy atom. The summed E-state index contributed by atoms with van der Waals surface area (Å²) in [5, 5.41) is 4.74. The molecule has 0 bridgehead atoms. The van der Waals surface area contributed by atoms with Crippen LogP contribution in [0.5, 0.6) is 11.5 Å². The Hall–Kier alpha value is -2.62. The van der Waals surface area contributed by atoms with Gasteiger partial charge in [0.1, 0.15) is 11.5 Å². The Labute approximate surface area is 204 Å². The fraction of sp³-hybridized carbons (Fsp3) is 0.533. The van der Waals surface area contributed by atoms with Crippen molar-refractivity contribution in [3.05, 3.63) is 36.7 Å². The predicted molar refractivity (Wildman–Crippen MR) is 145 cm³/mol. The Bertz CT molecular complexity index is 1100. The number of nitrogens with one attached hydrogen (secondary N) is 2. The summed E-state index contributed by atoms with van der Waals surface area (Å²) in [4.78, 5) is 6.85. The smallest absolute Gasteiger partial charge is 0.144 e. The highest BCUT2D eigenvalue weighted by atomic mass is 16.5. The van der Waals surface area contributed by atoms with Crippen LogP contribution in [0.3, 0.4) is 0 Å². The summed E-state index contributed by atoms with van der Waals surface area (Å²) in [6, 6.07) is 8.97. The molecule has 4 aromatic rings. The standard InChI is InChI=1S/C30H42N2O2/c1-5-9-11-21(7-3)19-33-29-17-31-27-15-24-14-26-28(16-23(24)13-25(27)29)32-18-30(26)34-20-22(8-4)12-10-6-2/h13-18,21-22,31-32H,5-12,19-20H2,1-4H3. The minimum Gasteiger partial charge on any atom is -0.491 e. The van der Waals surface area contributed by atoms with Crippen LogP contribution in [0.4, 0.5) is 0 Å². The van der Waals surface area contributed by atoms with Gasteiger partial charge in [0.15, 0.2) is 0 Å². The molecule has 4 nitrogen and oxygen atoms in total. The molecule has 2 unspecified atom stereocenters. The molecule has 2 heterocycles. The number of hydrogen-bond acceptors (Lipinski definition) is 2. The maximum absolute atomic E-state index is 6.28. The van der Waals surface area contributed by atoms with Gasteiger partial charge in [-0.25, -0.2) is 0 Å². The summed E-state index contributed by atoms with van der Waals surface area (Å²) < 4.78 is 12.6. The lowest BCUT2D eigenvalue weighted by Gasteiger charge is -2.15. The number of benzene rings is 2. The first-order valence-electron chi connectivity index (χ1n) is 13.5. The molecule has 34 heavy (non-hydrogen) atoms. The molecule has 0 saturated heterocycles. The molecule has 0 aliphatic carbocycles. The maximum atomic E-state index is 6.28. The molecule has 0 radical (unpaired) electrons. The van der Waals surface area contributed by atoms with Crippen molar-refractivity contribution in [2.45, 2.75) is 79.1 Å². The Morgan fingerprint density at radius 2 is 1.09 bits per heavy atom. The van der Waals surface area contributed by atoms with E-state index in [0.717, 1.165) is 59.4 Å². The summed E-state index contributed by atoms with van der Waals surface area (Å²) in [6.07, 6.45) is 13.9. The zero-order chi connectivity index (χ0) is 23.9. The fourth-order valence-electron chi connectivity index (χ4n) is 4.89. The lowest BCUT2D eigenvalue weighted by atomic mass is 10.0. The normalized spacial score (nSPS) is 13.6. The summed E-state index contributed by atoms with van der Waals surface area (Å²) in [7, 11) is 0. The maximum Gasteiger partial charge on any atom is 0.144 e. The largest absolute Gasteiger partial charge is 0.491 e. The second-order valence-corrected chi connectivity index (χ2v) is 9.90. The highest BCUT2D eigenvalue weighted by molar-refractivity contribution is 6.06. The third-order valence-electron chi connectivity index (χ3n) is 7.40. The highest BCUT2D eigenvalue weighted by Crippen LogP contribution is 2.35. The van der Waals surface area contributed by atoms with E-state index in [4.69, 9.17) is 9.47 Å². The van der Waals surface area contributed by atoms with E-state index >= 15 is 0 Å². The summed E-state index contributed by atoms with van der Waals surface area (Å²) >= 11 is 0. The fourth-order valence-corrected chi connectivity index (χ4v) is 4.89. The van der Waals surface area contributed by atoms with E-state index in [2.05, 4.69) is 61.9 Å². The van der Waals surface area contributed by atoms with Gasteiger partial charge in [-0.3, -0.25) is 0 Å². The quantitative estimate of drug-likeness (QED) is 0.196. The molecule has 0 spiro atoms. The summed E-state index contributed by atoms with van der Waals surface area (Å²) in [5.74, 6) is 3.16. The molecule has 2 aromatic heterocycles. The summed E-state index contributed by atoms with van der Waals surface area (Å²) in [6.45, 7) is 10.6. The van der Waals surface area contributed by atoms with E-state index in [1.807, 2.05) is 12.4 Å². The van der Waals surface area contributed by atoms with Gasteiger partial charge in [0.2, 0.25) is 0 Å². The molecule has 0 fully saturated rings. The first kappa shape index (κ1) is 24.5. The van der Waals surface area contributed by atoms with Gasteiger partial charge >= 0.3 is 0 Å². The van der Waals surface area contributed by atoms with E-state index < -0.39 is 0 Å². The number of rotatable bonds is 14. The van der Waals surface area contributed by atoms with Crippen LogP contribution in [0.25, 0.3) is 32.6 Å². The van der Waals surface area contributed by atoms with Gasteiger partial charge in [-0.05, 0) is 59.7 Å². The molecule has 4 rings (SSSR count). The van der Waals surface area contributed by atoms with Gasteiger partial charge < -0.3 is 19.4 Å². The van der Waals surface area contributed by atoms with Crippen LogP contribution >= 0.6 is 0 Å². The van der Waals surface area contributed by atoms with Gasteiger partial charge in [-0.1, -0.05) is 66.2 Å². The van der Waals surface area contributed by atoms with E-state index in [1.54, 1.807) is 0 Å². The number of aromatic amines is 2. The molecule has 0 aliphatic rings. The minimum atomic E-state index is 0.622. The molecule has 184 valence electrons. The van der Waals surface area contributed by atoms with E-state index in [1.165, 1.54) is 49.3 Å². The molecule has 2 aromatic carbocycles. The average Bonchev–Trinajstić information content (AvgIpc) is 3.44. The molecular formula is C30H42N2O2. The van der Waals surface area contributed by atoms with Gasteiger partial charge in [0.25, 0.3) is 0 Å². The minimum absolute atomic E-state index is 0.622. The molecule has 0 amide bonds. The van der Waals surface area contributed by atoms with Crippen molar-refractivity contribution in [2.24, 2.45) is 11.8 Å². The zero-order valence-electron chi connectivity index (χ0n) is 21.5. The van der Waals surface area contributed by atoms with Crippen molar-refractivity contribution in [1.29, 1.82) is 0 Å². The van der Waals surface area contributed by atoms with Crippen LogP contribution in [0.15, 0.2) is 36.7 Å². The Kier molecular flexibility index (Phi) is 8.42. The summed E-state index contributed by atoms with van der Waals surface area (Å²) in [5.41, 5.74) is 2.24. The average molecular weight is 463 g/mol. The predicted octanol–water partition coefficient (Wildman–Crippen LogP) is 8.99. The van der Waals surface area contributed by atoms with Gasteiger partial charge in [-0.2, -0.15) is 0 Å². The Balaban J connectivity index is 1.54. The van der Waals surface area contributed by atoms with Crippen molar-refractivity contribution in [3.63, 3.8) is 0 Å². The van der Waals surface area contributed by atoms with Crippen molar-refractivity contribution >= 4 is 32.6 Å². The number of ether oxygens (including phenoxy) is 2. The van der Waals surface area contributed by atoms with Crippen LogP contribution in [-0.4, -0.2) is 23.2 Å². The van der Waals surface area contributed by atoms with E-state index in [0.29, 0.717) is 11.8 Å². The second kappa shape index (κ2) is 11.7. The molecule has 0 aliphatic heterocycles. The van der Waals surface area contributed by atoms with E-state index in [-0.39, 0.29) is 0 Å². The van der Waals surface area contributed by atoms with Crippen LogP contribution < -0.4 is 9.47 Å². The van der Waals surface area contributed by atoms with Crippen LogP contribution in [-0.2, 0) is 0 Å². The topological polar surface area (TPSA) is 50.0 Å². The van der Waals surface area contributed by atoms with Gasteiger partial charge in [0, 0.05) is 34.2 Å². The highest BCUT2D eigenvalue weighted by Gasteiger charge is 2.14. The molecule has 4 heteroatoms. The third-order valence-corrected chi connectivity index (χ3v) is 7.40. The van der Waals surface area contributed by atoms with Crippen LogP contribution in [0.1, 0.15) is 79.1 Å². The number of aromatic nitrogens is 2. The first-order valence-corrected chi connectivity index (χ1v) is 13.5. The lowest BCUT2D eigenvalue weighted by molar-refractivity contribution is 0.235. The SMILES string of the molecule is CCCCC(CC)COc1c[nH]c2cc3cc4c(OCC(CC)CCCC)c[nH]c4cc3cc12. The second-order valence-electron chi connectivity index (χ2n) is 9.90. The van der Waals surface area contributed by atoms with Crippen molar-refractivity contribution < 1.29 is 9.47 Å². The van der Waals surface area contributed by atoms with Gasteiger partial charge in [-0.15, -0.1) is 0 Å². The molecular weight excluding hydrogens is 420 g/mol. The molecule has 0 saturated carbocycles. The molecule has 2 atom stereocenters. The first-order chi connectivity index (χ1) is 16.7. The molecule has 2 N–H and O–H groups in total. The van der Waals surface area contributed by atoms with Gasteiger partial charge in [0.05, 0.1) is 13.2 Å². The number of hydrogen-bond donors (Lipinski definition) is 2. The van der Waals surface area contributed by atoms with Crippen molar-refractivity contribution in [2.75, 3.05) is 13.2 Å². The van der Waals surface area contributed by atoms with Crippen LogP contribution in [0, 0.1) is 11.8 Å². The van der Waals surface area contributed by atoms with Crippen molar-refractivity contribution in [1.82, 2.24) is 9.97 Å². The van der Waals surface area contributed by atoms with Crippen LogP contribution in [0.2, 0.25) is 0 Å². The van der Waals surface area contributed by atoms with Crippen molar-refractivity contribution in [3.8, 4) is 11.5 Å².